The highest BCUT2D eigenvalue weighted by molar-refractivity contribution is 5.75. The third kappa shape index (κ3) is 6.80. The van der Waals surface area contributed by atoms with Gasteiger partial charge >= 0.3 is 0 Å². The summed E-state index contributed by atoms with van der Waals surface area (Å²) in [6.45, 7) is 6.93. The fourth-order valence-corrected chi connectivity index (χ4v) is 1.60. The van der Waals surface area contributed by atoms with Crippen LogP contribution in [0.2, 0.25) is 0 Å². The Balaban J connectivity index is 3.74. The summed E-state index contributed by atoms with van der Waals surface area (Å²) in [6.07, 6.45) is 1.54. The Labute approximate surface area is 99.8 Å². The highest BCUT2D eigenvalue weighted by atomic mass is 16.2. The van der Waals surface area contributed by atoms with E-state index in [1.165, 1.54) is 0 Å². The smallest absolute Gasteiger partial charge is 0.222 e. The molecule has 0 spiro atoms. The zero-order valence-electron chi connectivity index (χ0n) is 11.4. The largest absolute Gasteiger partial charge is 0.349 e. The number of carbonyl (C=O) groups excluding carboxylic acids is 1. The predicted molar refractivity (Wildman–Crippen MR) is 68.3 cm³/mol. The van der Waals surface area contributed by atoms with Gasteiger partial charge in [-0.15, -0.1) is 0 Å². The van der Waals surface area contributed by atoms with Gasteiger partial charge in [0.25, 0.3) is 0 Å². The first-order valence-corrected chi connectivity index (χ1v) is 5.87. The average molecular weight is 229 g/mol. The molecule has 0 aromatic rings. The van der Waals surface area contributed by atoms with E-state index in [2.05, 4.69) is 25.8 Å². The molecule has 0 rings (SSSR count). The van der Waals surface area contributed by atoms with E-state index >= 15 is 0 Å². The van der Waals surface area contributed by atoms with E-state index in [-0.39, 0.29) is 11.3 Å². The van der Waals surface area contributed by atoms with Crippen molar-refractivity contribution in [3.8, 4) is 0 Å². The van der Waals surface area contributed by atoms with Crippen LogP contribution in [0, 0.1) is 5.41 Å². The second-order valence-corrected chi connectivity index (χ2v) is 5.50. The fourth-order valence-electron chi connectivity index (χ4n) is 1.60. The van der Waals surface area contributed by atoms with Crippen molar-refractivity contribution in [2.75, 3.05) is 40.8 Å². The summed E-state index contributed by atoms with van der Waals surface area (Å²) in [4.78, 5) is 15.2. The molecule has 0 fully saturated rings. The van der Waals surface area contributed by atoms with Crippen LogP contribution in [0.3, 0.4) is 0 Å². The molecule has 0 aliphatic carbocycles. The van der Waals surface area contributed by atoms with Crippen molar-refractivity contribution in [1.29, 1.82) is 0 Å². The number of carbonyl (C=O) groups is 1. The van der Waals surface area contributed by atoms with Gasteiger partial charge in [0, 0.05) is 27.1 Å². The predicted octanol–water partition coefficient (Wildman–Crippen LogP) is 0.772. The minimum atomic E-state index is 0.153. The van der Waals surface area contributed by atoms with Gasteiger partial charge in [-0.2, -0.15) is 0 Å². The SMILES string of the molecule is CN(CCCC(=O)N(C)C)CC(C)(C)CN. The summed E-state index contributed by atoms with van der Waals surface area (Å²) in [6, 6.07) is 0. The second kappa shape index (κ2) is 6.86. The van der Waals surface area contributed by atoms with Crippen molar-refractivity contribution in [3.63, 3.8) is 0 Å². The van der Waals surface area contributed by atoms with Crippen molar-refractivity contribution in [1.82, 2.24) is 9.80 Å². The molecule has 0 unspecified atom stereocenters. The lowest BCUT2D eigenvalue weighted by molar-refractivity contribution is -0.128. The maximum atomic E-state index is 11.4. The van der Waals surface area contributed by atoms with Crippen molar-refractivity contribution >= 4 is 5.91 Å². The van der Waals surface area contributed by atoms with Crippen LogP contribution < -0.4 is 5.73 Å². The van der Waals surface area contributed by atoms with Crippen molar-refractivity contribution in [2.24, 2.45) is 11.1 Å². The highest BCUT2D eigenvalue weighted by Gasteiger charge is 2.17. The van der Waals surface area contributed by atoms with Gasteiger partial charge in [0.1, 0.15) is 0 Å². The first-order chi connectivity index (χ1) is 7.28. The quantitative estimate of drug-likeness (QED) is 0.701. The molecule has 16 heavy (non-hydrogen) atoms. The van der Waals surface area contributed by atoms with E-state index < -0.39 is 0 Å². The van der Waals surface area contributed by atoms with Gasteiger partial charge in [-0.3, -0.25) is 4.79 Å². The molecule has 96 valence electrons. The second-order valence-electron chi connectivity index (χ2n) is 5.50. The molecule has 0 saturated heterocycles. The van der Waals surface area contributed by atoms with Crippen LogP contribution in [0.1, 0.15) is 26.7 Å². The minimum Gasteiger partial charge on any atom is -0.349 e. The minimum absolute atomic E-state index is 0.153. The molecule has 0 aromatic heterocycles. The van der Waals surface area contributed by atoms with Crippen LogP contribution in [-0.4, -0.2) is 56.5 Å². The summed E-state index contributed by atoms with van der Waals surface area (Å²) in [5, 5.41) is 0. The van der Waals surface area contributed by atoms with E-state index in [1.807, 2.05) is 0 Å². The van der Waals surface area contributed by atoms with E-state index in [9.17, 15) is 4.79 Å². The third-order valence-electron chi connectivity index (χ3n) is 2.68. The molecular weight excluding hydrogens is 202 g/mol. The summed E-state index contributed by atoms with van der Waals surface area (Å²) >= 11 is 0. The molecule has 0 saturated carbocycles. The number of hydrogen-bond acceptors (Lipinski definition) is 3. The molecule has 0 aliphatic heterocycles. The van der Waals surface area contributed by atoms with Gasteiger partial charge in [-0.25, -0.2) is 0 Å². The Hall–Kier alpha value is -0.610. The topological polar surface area (TPSA) is 49.6 Å². The third-order valence-corrected chi connectivity index (χ3v) is 2.68. The molecule has 4 nitrogen and oxygen atoms in total. The summed E-state index contributed by atoms with van der Waals surface area (Å²) in [5.74, 6) is 0.200. The Kier molecular flexibility index (Phi) is 6.60. The van der Waals surface area contributed by atoms with Gasteiger partial charge in [-0.1, -0.05) is 13.8 Å². The van der Waals surface area contributed by atoms with E-state index in [0.717, 1.165) is 19.5 Å². The lowest BCUT2D eigenvalue weighted by Crippen LogP contribution is -2.37. The fraction of sp³-hybridized carbons (Fsp3) is 0.917. The number of amides is 1. The number of nitrogens with zero attached hydrogens (tertiary/aromatic N) is 2. The zero-order chi connectivity index (χ0) is 12.8. The lowest BCUT2D eigenvalue weighted by atomic mass is 9.93. The molecular formula is C12H27N3O. The van der Waals surface area contributed by atoms with Gasteiger partial charge < -0.3 is 15.5 Å². The van der Waals surface area contributed by atoms with Crippen LogP contribution in [0.15, 0.2) is 0 Å². The van der Waals surface area contributed by atoms with Gasteiger partial charge in [0.2, 0.25) is 5.91 Å². The molecule has 0 radical (unpaired) electrons. The van der Waals surface area contributed by atoms with Gasteiger partial charge in [0.15, 0.2) is 0 Å². The molecule has 0 bridgehead atoms. The first-order valence-electron chi connectivity index (χ1n) is 5.87. The average Bonchev–Trinajstić information content (AvgIpc) is 2.16. The van der Waals surface area contributed by atoms with E-state index in [4.69, 9.17) is 5.73 Å². The van der Waals surface area contributed by atoms with Crippen LogP contribution in [-0.2, 0) is 4.79 Å². The Morgan fingerprint density at radius 2 is 1.81 bits per heavy atom. The molecule has 1 amide bonds. The zero-order valence-corrected chi connectivity index (χ0v) is 11.4. The lowest BCUT2D eigenvalue weighted by Gasteiger charge is -2.29. The Morgan fingerprint density at radius 1 is 1.25 bits per heavy atom. The normalized spacial score (nSPS) is 11.9. The van der Waals surface area contributed by atoms with Crippen molar-refractivity contribution < 1.29 is 4.79 Å². The van der Waals surface area contributed by atoms with E-state index in [1.54, 1.807) is 19.0 Å². The highest BCUT2D eigenvalue weighted by Crippen LogP contribution is 2.14. The standard InChI is InChI=1S/C12H27N3O/c1-12(2,9-13)10-15(5)8-6-7-11(16)14(3)4/h6-10,13H2,1-5H3. The molecule has 4 heteroatoms. The first kappa shape index (κ1) is 15.4. The Morgan fingerprint density at radius 3 is 2.25 bits per heavy atom. The maximum absolute atomic E-state index is 11.4. The van der Waals surface area contributed by atoms with E-state index in [0.29, 0.717) is 13.0 Å². The van der Waals surface area contributed by atoms with Crippen LogP contribution >= 0.6 is 0 Å². The molecule has 0 heterocycles. The Bertz CT molecular complexity index is 214. The van der Waals surface area contributed by atoms with Crippen LogP contribution in [0.4, 0.5) is 0 Å². The van der Waals surface area contributed by atoms with Crippen molar-refractivity contribution in [3.05, 3.63) is 0 Å². The summed E-state index contributed by atoms with van der Waals surface area (Å²) < 4.78 is 0. The van der Waals surface area contributed by atoms with Crippen molar-refractivity contribution in [2.45, 2.75) is 26.7 Å². The van der Waals surface area contributed by atoms with Crippen LogP contribution in [0.25, 0.3) is 0 Å². The molecule has 0 aliphatic rings. The summed E-state index contributed by atoms with van der Waals surface area (Å²) in [7, 11) is 5.67. The number of hydrogen-bond donors (Lipinski definition) is 1. The number of rotatable bonds is 7. The summed E-state index contributed by atoms with van der Waals surface area (Å²) in [5.41, 5.74) is 5.84. The monoisotopic (exact) mass is 229 g/mol. The molecule has 0 atom stereocenters. The number of nitrogens with two attached hydrogens (primary N) is 1. The molecule has 0 aromatic carbocycles. The molecule has 2 N–H and O–H groups in total. The van der Waals surface area contributed by atoms with Gasteiger partial charge in [-0.05, 0) is 32.0 Å². The van der Waals surface area contributed by atoms with Gasteiger partial charge in [0.05, 0.1) is 0 Å². The van der Waals surface area contributed by atoms with Crippen LogP contribution in [0.5, 0.6) is 0 Å². The maximum Gasteiger partial charge on any atom is 0.222 e.